The molecule has 0 fully saturated rings. The molecule has 7 nitrogen and oxygen atoms in total. The Kier molecular flexibility index (Phi) is 7.25. The topological polar surface area (TPSA) is 87.7 Å². The Morgan fingerprint density at radius 2 is 1.58 bits per heavy atom. The third kappa shape index (κ3) is 5.63. The summed E-state index contributed by atoms with van der Waals surface area (Å²) < 4.78 is 42.9. The number of hydrogen-bond donors (Lipinski definition) is 2. The summed E-state index contributed by atoms with van der Waals surface area (Å²) >= 11 is 0. The molecule has 0 aromatic heterocycles. The molecule has 1 aliphatic rings. The normalized spacial score (nSPS) is 13.5. The summed E-state index contributed by atoms with van der Waals surface area (Å²) in [5.74, 6) is -0.571. The second-order valence-electron chi connectivity index (χ2n) is 7.68. The quantitative estimate of drug-likeness (QED) is 0.607. The number of carbonyl (C=O) groups is 3. The molecule has 1 atom stereocenters. The number of hydrogen-bond acceptors (Lipinski definition) is 4. The van der Waals surface area contributed by atoms with E-state index in [9.17, 15) is 27.6 Å². The van der Waals surface area contributed by atoms with Gasteiger partial charge >= 0.3 is 18.4 Å². The van der Waals surface area contributed by atoms with Gasteiger partial charge in [-0.25, -0.2) is 14.5 Å². The maximum Gasteiger partial charge on any atom is 0.488 e. The minimum Gasteiger partial charge on any atom is -0.449 e. The maximum atomic E-state index is 12.5. The van der Waals surface area contributed by atoms with E-state index in [4.69, 9.17) is 4.74 Å². The summed E-state index contributed by atoms with van der Waals surface area (Å²) in [6.45, 7) is 1.04. The number of benzene rings is 2. The molecule has 0 heterocycles. The molecule has 0 unspecified atom stereocenters. The number of carbonyl (C=O) groups excluding carboxylic acids is 3. The van der Waals surface area contributed by atoms with Crippen molar-refractivity contribution in [3.8, 4) is 11.1 Å². The van der Waals surface area contributed by atoms with Gasteiger partial charge in [-0.15, -0.1) is 13.2 Å². The molecule has 0 radical (unpaired) electrons. The van der Waals surface area contributed by atoms with E-state index in [1.165, 1.54) is 6.92 Å². The lowest BCUT2D eigenvalue weighted by Crippen LogP contribution is -2.47. The summed E-state index contributed by atoms with van der Waals surface area (Å²) in [5.41, 5.74) is 4.21. The van der Waals surface area contributed by atoms with Crippen molar-refractivity contribution in [2.24, 2.45) is 0 Å². The van der Waals surface area contributed by atoms with Crippen molar-refractivity contribution in [1.29, 1.82) is 0 Å². The minimum atomic E-state index is -4.82. The molecule has 2 N–H and O–H groups in total. The van der Waals surface area contributed by atoms with Crippen LogP contribution < -0.4 is 10.6 Å². The smallest absolute Gasteiger partial charge is 0.449 e. The Morgan fingerprint density at radius 3 is 2.09 bits per heavy atom. The molecule has 176 valence electrons. The first-order chi connectivity index (χ1) is 15.6. The highest BCUT2D eigenvalue weighted by molar-refractivity contribution is 5.85. The zero-order valence-electron chi connectivity index (χ0n) is 18.1. The molecule has 0 spiro atoms. The third-order valence-corrected chi connectivity index (χ3v) is 5.52. The largest absolute Gasteiger partial charge is 0.488 e. The average molecular weight is 463 g/mol. The number of rotatable bonds is 7. The van der Waals surface area contributed by atoms with E-state index in [1.54, 1.807) is 0 Å². The summed E-state index contributed by atoms with van der Waals surface area (Å²) in [7, 11) is 0.590. The highest BCUT2D eigenvalue weighted by Gasteiger charge is 2.37. The van der Waals surface area contributed by atoms with Gasteiger partial charge in [-0.1, -0.05) is 48.5 Å². The van der Waals surface area contributed by atoms with Crippen LogP contribution >= 0.6 is 0 Å². The maximum absolute atomic E-state index is 12.5. The van der Waals surface area contributed by atoms with E-state index in [2.05, 4.69) is 10.6 Å². The van der Waals surface area contributed by atoms with Crippen LogP contribution in [0.5, 0.6) is 0 Å². The number of fused-ring (bicyclic) bond motifs is 3. The Hall–Kier alpha value is -3.56. The van der Waals surface area contributed by atoms with Gasteiger partial charge < -0.3 is 15.4 Å². The van der Waals surface area contributed by atoms with E-state index in [0.717, 1.165) is 22.3 Å². The summed E-state index contributed by atoms with van der Waals surface area (Å²) in [6.07, 6.45) is -5.73. The summed E-state index contributed by atoms with van der Waals surface area (Å²) in [6, 6.07) is 13.3. The second kappa shape index (κ2) is 9.93. The van der Waals surface area contributed by atoms with Crippen LogP contribution in [0.1, 0.15) is 30.4 Å². The van der Waals surface area contributed by atoms with Crippen LogP contribution in [0.3, 0.4) is 0 Å². The first kappa shape index (κ1) is 24.1. The molecule has 3 rings (SSSR count). The fourth-order valence-corrected chi connectivity index (χ4v) is 3.72. The lowest BCUT2D eigenvalue weighted by Gasteiger charge is -2.21. The molecule has 1 aliphatic carbocycles. The number of amides is 3. The van der Waals surface area contributed by atoms with Crippen molar-refractivity contribution in [2.45, 2.75) is 31.6 Å². The van der Waals surface area contributed by atoms with Crippen LogP contribution in [-0.4, -0.2) is 55.3 Å². The van der Waals surface area contributed by atoms with E-state index < -0.39 is 35.1 Å². The lowest BCUT2D eigenvalue weighted by molar-refractivity contribution is -0.215. The minimum absolute atomic E-state index is 0.0532. The van der Waals surface area contributed by atoms with Crippen molar-refractivity contribution < 1.29 is 32.3 Å². The molecule has 0 saturated heterocycles. The van der Waals surface area contributed by atoms with Crippen molar-refractivity contribution in [1.82, 2.24) is 15.5 Å². The third-order valence-electron chi connectivity index (χ3n) is 5.52. The number of ether oxygens (including phenoxy) is 1. The van der Waals surface area contributed by atoms with E-state index in [-0.39, 0.29) is 25.5 Å². The molecule has 2 aromatic carbocycles. The van der Waals surface area contributed by atoms with Crippen LogP contribution in [0.15, 0.2) is 48.5 Å². The fourth-order valence-electron chi connectivity index (χ4n) is 3.72. The highest BCUT2D eigenvalue weighted by atomic mass is 19.4. The van der Waals surface area contributed by atoms with Crippen LogP contribution in [0.25, 0.3) is 11.1 Å². The van der Waals surface area contributed by atoms with Gasteiger partial charge in [-0.3, -0.25) is 4.79 Å². The van der Waals surface area contributed by atoms with Crippen molar-refractivity contribution in [3.63, 3.8) is 0 Å². The van der Waals surface area contributed by atoms with Crippen molar-refractivity contribution in [3.05, 3.63) is 59.7 Å². The van der Waals surface area contributed by atoms with Crippen LogP contribution in [0.2, 0.25) is 0 Å². The Bertz CT molecular complexity index is 996. The van der Waals surface area contributed by atoms with Gasteiger partial charge in [0.2, 0.25) is 0 Å². The van der Waals surface area contributed by atoms with Gasteiger partial charge in [0.05, 0.1) is 6.04 Å². The van der Waals surface area contributed by atoms with Gasteiger partial charge in [0.1, 0.15) is 6.61 Å². The highest BCUT2D eigenvalue weighted by Crippen LogP contribution is 2.44. The number of halogens is 3. The number of ketones is 1. The number of nitrogens with one attached hydrogen (secondary N) is 2. The first-order valence-corrected chi connectivity index (χ1v) is 10.3. The predicted molar refractivity (Wildman–Crippen MR) is 115 cm³/mol. The van der Waals surface area contributed by atoms with E-state index >= 15 is 0 Å². The molecule has 33 heavy (non-hydrogen) atoms. The number of alkyl carbamates (subject to hydrolysis) is 1. The lowest BCUT2D eigenvalue weighted by atomic mass is 9.98. The van der Waals surface area contributed by atoms with Crippen LogP contribution in [0.4, 0.5) is 22.8 Å². The monoisotopic (exact) mass is 463 g/mol. The Balaban J connectivity index is 1.55. The predicted octanol–water partition coefficient (Wildman–Crippen LogP) is 4.03. The molecule has 0 saturated carbocycles. The van der Waals surface area contributed by atoms with E-state index in [1.807, 2.05) is 48.5 Å². The first-order valence-electron chi connectivity index (χ1n) is 10.3. The number of alkyl halides is 3. The second-order valence-corrected chi connectivity index (χ2v) is 7.68. The number of nitrogens with zero attached hydrogens (tertiary/aromatic N) is 1. The van der Waals surface area contributed by atoms with Gasteiger partial charge in [0, 0.05) is 19.5 Å². The molecule has 0 bridgehead atoms. The van der Waals surface area contributed by atoms with Gasteiger partial charge in [-0.2, -0.15) is 0 Å². The van der Waals surface area contributed by atoms with Gasteiger partial charge in [0.15, 0.2) is 5.78 Å². The molecular formula is C23H24F3N3O4. The fraction of sp³-hybridized carbons (Fsp3) is 0.348. The zero-order valence-corrected chi connectivity index (χ0v) is 18.1. The molecule has 10 heteroatoms. The van der Waals surface area contributed by atoms with Gasteiger partial charge in [-0.05, 0) is 35.6 Å². The summed E-state index contributed by atoms with van der Waals surface area (Å²) in [5, 5.41) is 4.49. The Morgan fingerprint density at radius 1 is 1.03 bits per heavy atom. The SMILES string of the molecule is CC(=O)[C@H](CCNC(=O)N(C)C(F)(F)F)NC(=O)OCC1c2ccccc2-c2ccccc21. The van der Waals surface area contributed by atoms with Crippen molar-refractivity contribution in [2.75, 3.05) is 20.2 Å². The van der Waals surface area contributed by atoms with Crippen LogP contribution in [0, 0.1) is 0 Å². The molecular weight excluding hydrogens is 439 g/mol. The number of urea groups is 1. The standard InChI is InChI=1S/C23H24F3N3O4/c1-14(30)20(11-12-27-21(31)29(2)23(24,25)26)28-22(32)33-13-19-17-9-5-3-7-15(17)16-8-4-6-10-18(16)19/h3-10,19-20H,11-13H2,1-2H3,(H,27,31)(H,28,32)/t20-/m0/s1. The molecule has 0 aliphatic heterocycles. The van der Waals surface area contributed by atoms with Crippen molar-refractivity contribution >= 4 is 17.9 Å². The van der Waals surface area contributed by atoms with Crippen LogP contribution in [-0.2, 0) is 9.53 Å². The Labute approximate surface area is 188 Å². The van der Waals surface area contributed by atoms with Gasteiger partial charge in [0.25, 0.3) is 0 Å². The average Bonchev–Trinajstić information content (AvgIpc) is 3.09. The van der Waals surface area contributed by atoms with E-state index in [0.29, 0.717) is 7.05 Å². The number of Topliss-reactive ketones (excluding diaryl/α,β-unsaturated/α-hetero) is 1. The molecule has 3 amide bonds. The zero-order chi connectivity index (χ0) is 24.2. The summed E-state index contributed by atoms with van der Waals surface area (Å²) in [4.78, 5) is 35.3. The molecule has 2 aromatic rings.